The van der Waals surface area contributed by atoms with E-state index in [1.165, 1.54) is 18.0 Å². The van der Waals surface area contributed by atoms with Crippen molar-refractivity contribution < 1.29 is 0 Å². The molecule has 0 aliphatic heterocycles. The molecule has 2 aromatic heterocycles. The molecule has 3 rings (SSSR count). The first kappa shape index (κ1) is 12.4. The van der Waals surface area contributed by atoms with Gasteiger partial charge in [0.25, 0.3) is 5.56 Å². The maximum absolute atomic E-state index is 11.8. The molecule has 0 aliphatic carbocycles. The fourth-order valence-corrected chi connectivity index (χ4v) is 2.54. The molecule has 0 radical (unpaired) electrons. The molecule has 0 atom stereocenters. The first-order chi connectivity index (χ1) is 9.76. The molecule has 0 spiro atoms. The van der Waals surface area contributed by atoms with Crippen molar-refractivity contribution in [3.05, 3.63) is 51.9 Å². The second kappa shape index (κ2) is 5.19. The first-order valence-electron chi connectivity index (χ1n) is 5.81. The van der Waals surface area contributed by atoms with E-state index < -0.39 is 0 Å². The number of hydrogen-bond acceptors (Lipinski definition) is 5. The molecule has 20 heavy (non-hydrogen) atoms. The average Bonchev–Trinajstić information content (AvgIpc) is 2.94. The van der Waals surface area contributed by atoms with Crippen molar-refractivity contribution in [3.8, 4) is 6.07 Å². The Hall–Kier alpha value is -2.59. The molecule has 0 saturated carbocycles. The van der Waals surface area contributed by atoms with Crippen LogP contribution in [-0.2, 0) is 5.75 Å². The number of aromatic amines is 2. The van der Waals surface area contributed by atoms with Gasteiger partial charge in [0, 0.05) is 5.75 Å². The minimum absolute atomic E-state index is 0.203. The van der Waals surface area contributed by atoms with Crippen molar-refractivity contribution in [3.63, 3.8) is 0 Å². The molecule has 0 amide bonds. The molecule has 3 aromatic rings. The number of H-pyrrole nitrogens is 2. The summed E-state index contributed by atoms with van der Waals surface area (Å²) in [5, 5.41) is 16.2. The highest BCUT2D eigenvalue weighted by Crippen LogP contribution is 2.19. The number of nitrogens with zero attached hydrogens (tertiary/aromatic N) is 3. The smallest absolute Gasteiger partial charge is 0.262 e. The molecule has 0 bridgehead atoms. The highest BCUT2D eigenvalue weighted by Gasteiger charge is 2.06. The van der Waals surface area contributed by atoms with E-state index in [9.17, 15) is 4.79 Å². The van der Waals surface area contributed by atoms with E-state index in [1.54, 1.807) is 12.1 Å². The molecule has 0 aliphatic rings. The van der Waals surface area contributed by atoms with Crippen LogP contribution in [0.3, 0.4) is 0 Å². The van der Waals surface area contributed by atoms with Gasteiger partial charge in [-0.2, -0.15) is 10.4 Å². The Bertz CT molecular complexity index is 844. The van der Waals surface area contributed by atoms with Crippen LogP contribution in [0.2, 0.25) is 0 Å². The van der Waals surface area contributed by atoms with Crippen LogP contribution in [0.1, 0.15) is 11.1 Å². The zero-order chi connectivity index (χ0) is 13.9. The lowest BCUT2D eigenvalue weighted by atomic mass is 10.2. The van der Waals surface area contributed by atoms with Crippen molar-refractivity contribution in [2.24, 2.45) is 0 Å². The monoisotopic (exact) mass is 283 g/mol. The summed E-state index contributed by atoms with van der Waals surface area (Å²) < 4.78 is 0. The highest BCUT2D eigenvalue weighted by molar-refractivity contribution is 7.98. The molecule has 98 valence electrons. The first-order valence-corrected chi connectivity index (χ1v) is 6.80. The number of aromatic nitrogens is 4. The lowest BCUT2D eigenvalue weighted by molar-refractivity contribution is 0.958. The van der Waals surface area contributed by atoms with E-state index in [1.807, 2.05) is 12.1 Å². The Morgan fingerprint density at radius 3 is 2.85 bits per heavy atom. The maximum Gasteiger partial charge on any atom is 0.262 e. The zero-order valence-electron chi connectivity index (χ0n) is 10.3. The molecule has 1 aromatic carbocycles. The summed E-state index contributed by atoms with van der Waals surface area (Å²) in [6.07, 6.45) is 1.45. The van der Waals surface area contributed by atoms with Crippen molar-refractivity contribution in [2.45, 2.75) is 10.9 Å². The molecule has 6 nitrogen and oxygen atoms in total. The highest BCUT2D eigenvalue weighted by atomic mass is 32.2. The molecular weight excluding hydrogens is 274 g/mol. The van der Waals surface area contributed by atoms with Crippen LogP contribution in [0, 0.1) is 11.3 Å². The van der Waals surface area contributed by atoms with Gasteiger partial charge in [-0.05, 0) is 17.7 Å². The molecule has 2 heterocycles. The summed E-state index contributed by atoms with van der Waals surface area (Å²) >= 11 is 1.42. The van der Waals surface area contributed by atoms with E-state index in [-0.39, 0.29) is 5.56 Å². The average molecular weight is 283 g/mol. The van der Waals surface area contributed by atoms with Crippen molar-refractivity contribution in [1.29, 1.82) is 5.26 Å². The fourth-order valence-electron chi connectivity index (χ4n) is 1.72. The van der Waals surface area contributed by atoms with Crippen LogP contribution in [0.4, 0.5) is 0 Å². The summed E-state index contributed by atoms with van der Waals surface area (Å²) in [6, 6.07) is 9.39. The fraction of sp³-hybridized carbons (Fsp3) is 0.0769. The summed E-state index contributed by atoms with van der Waals surface area (Å²) in [4.78, 5) is 18.7. The molecule has 7 heteroatoms. The van der Waals surface area contributed by atoms with E-state index in [4.69, 9.17) is 5.26 Å². The third-order valence-corrected chi connectivity index (χ3v) is 3.70. The summed E-state index contributed by atoms with van der Waals surface area (Å²) in [6.45, 7) is 0. The number of fused-ring (bicyclic) bond motifs is 1. The molecule has 0 saturated heterocycles. The normalized spacial score (nSPS) is 10.6. The molecule has 0 unspecified atom stereocenters. The van der Waals surface area contributed by atoms with Gasteiger partial charge < -0.3 is 4.98 Å². The van der Waals surface area contributed by atoms with Crippen LogP contribution < -0.4 is 5.56 Å². The zero-order valence-corrected chi connectivity index (χ0v) is 11.1. The minimum Gasteiger partial charge on any atom is -0.301 e. The minimum atomic E-state index is -0.203. The van der Waals surface area contributed by atoms with Gasteiger partial charge in [-0.3, -0.25) is 9.89 Å². The third kappa shape index (κ3) is 2.41. The lowest BCUT2D eigenvalue weighted by Gasteiger charge is -2.01. The van der Waals surface area contributed by atoms with Crippen molar-refractivity contribution in [1.82, 2.24) is 20.2 Å². The Labute approximate surface area is 117 Å². The standard InChI is InChI=1S/C13H9N5OS/c14-5-8-1-3-9(4-2-8)7-20-13-16-11-10(6-15-18-11)12(19)17-13/h1-4,6H,7H2,(H2,15,16,17,18,19). The number of benzene rings is 1. The van der Waals surface area contributed by atoms with Crippen LogP contribution >= 0.6 is 11.8 Å². The predicted molar refractivity (Wildman–Crippen MR) is 75.2 cm³/mol. The summed E-state index contributed by atoms with van der Waals surface area (Å²) in [7, 11) is 0. The number of rotatable bonds is 3. The second-order valence-electron chi connectivity index (χ2n) is 4.10. The number of hydrogen-bond donors (Lipinski definition) is 2. The van der Waals surface area contributed by atoms with Gasteiger partial charge in [-0.1, -0.05) is 23.9 Å². The van der Waals surface area contributed by atoms with Crippen LogP contribution in [0.5, 0.6) is 0 Å². The topological polar surface area (TPSA) is 98.2 Å². The van der Waals surface area contributed by atoms with Gasteiger partial charge in [-0.15, -0.1) is 0 Å². The van der Waals surface area contributed by atoms with Gasteiger partial charge in [0.15, 0.2) is 10.8 Å². The van der Waals surface area contributed by atoms with E-state index in [0.717, 1.165) is 5.56 Å². The predicted octanol–water partition coefficient (Wildman–Crippen LogP) is 1.81. The van der Waals surface area contributed by atoms with Crippen LogP contribution in [0.25, 0.3) is 11.0 Å². The van der Waals surface area contributed by atoms with Crippen molar-refractivity contribution >= 4 is 22.8 Å². The van der Waals surface area contributed by atoms with E-state index >= 15 is 0 Å². The quantitative estimate of drug-likeness (QED) is 0.564. The van der Waals surface area contributed by atoms with Gasteiger partial charge >= 0.3 is 0 Å². The van der Waals surface area contributed by atoms with Crippen LogP contribution in [0.15, 0.2) is 40.4 Å². The lowest BCUT2D eigenvalue weighted by Crippen LogP contribution is -2.08. The number of nitrogens with one attached hydrogen (secondary N) is 2. The summed E-state index contributed by atoms with van der Waals surface area (Å²) in [5.74, 6) is 0.661. The van der Waals surface area contributed by atoms with Crippen molar-refractivity contribution in [2.75, 3.05) is 0 Å². The SMILES string of the molecule is N#Cc1ccc(CSc2nc3[nH]ncc3c(=O)[nH]2)cc1. The second-order valence-corrected chi connectivity index (χ2v) is 5.06. The van der Waals surface area contributed by atoms with E-state index in [2.05, 4.69) is 26.2 Å². The Kier molecular flexibility index (Phi) is 3.23. The van der Waals surface area contributed by atoms with Crippen LogP contribution in [-0.4, -0.2) is 20.2 Å². The van der Waals surface area contributed by atoms with Gasteiger partial charge in [0.05, 0.1) is 17.8 Å². The Morgan fingerprint density at radius 2 is 2.10 bits per heavy atom. The van der Waals surface area contributed by atoms with Gasteiger partial charge in [0.1, 0.15) is 5.39 Å². The van der Waals surface area contributed by atoms with Gasteiger partial charge in [-0.25, -0.2) is 4.98 Å². The number of nitriles is 1. The molecular formula is C13H9N5OS. The molecule has 0 fully saturated rings. The van der Waals surface area contributed by atoms with E-state index in [0.29, 0.717) is 27.5 Å². The largest absolute Gasteiger partial charge is 0.301 e. The number of thioether (sulfide) groups is 1. The third-order valence-electron chi connectivity index (χ3n) is 2.76. The molecule has 2 N–H and O–H groups in total. The summed E-state index contributed by atoms with van der Waals surface area (Å²) in [5.41, 5.74) is 1.97. The van der Waals surface area contributed by atoms with Gasteiger partial charge in [0.2, 0.25) is 0 Å². The Morgan fingerprint density at radius 1 is 1.30 bits per heavy atom. The maximum atomic E-state index is 11.8. The Balaban J connectivity index is 1.79.